The largest absolute Gasteiger partial charge is 0.497 e. The summed E-state index contributed by atoms with van der Waals surface area (Å²) >= 11 is 0. The molecular weight excluding hydrogens is 407 g/mol. The highest BCUT2D eigenvalue weighted by atomic mass is 19.1. The number of hydrogen-bond donors (Lipinski definition) is 1. The number of nitrogens with zero attached hydrogens (tertiary/aromatic N) is 3. The quantitative estimate of drug-likeness (QED) is 0.502. The van der Waals surface area contributed by atoms with Crippen LogP contribution in [0.4, 0.5) is 4.39 Å². The number of likely N-dealkylation sites (tertiary alicyclic amines) is 1. The van der Waals surface area contributed by atoms with Crippen molar-refractivity contribution in [3.63, 3.8) is 0 Å². The maximum atomic E-state index is 13.2. The Labute approximate surface area is 185 Å². The average molecular weight is 432 g/mol. The van der Waals surface area contributed by atoms with Gasteiger partial charge in [-0.05, 0) is 73.7 Å². The smallest absolute Gasteiger partial charge is 0.257 e. The molecular formula is C25H25FN4O2. The number of aromatic amines is 1. The van der Waals surface area contributed by atoms with Crippen molar-refractivity contribution in [3.05, 3.63) is 77.5 Å². The van der Waals surface area contributed by atoms with E-state index in [2.05, 4.69) is 22.3 Å². The molecule has 1 amide bonds. The van der Waals surface area contributed by atoms with Crippen molar-refractivity contribution < 1.29 is 13.9 Å². The Morgan fingerprint density at radius 2 is 1.91 bits per heavy atom. The van der Waals surface area contributed by atoms with Gasteiger partial charge in [0.1, 0.15) is 11.6 Å². The minimum absolute atomic E-state index is 0.00472. The normalized spacial score (nSPS) is 14.8. The van der Waals surface area contributed by atoms with Crippen LogP contribution in [0.25, 0.3) is 16.6 Å². The van der Waals surface area contributed by atoms with Crippen LogP contribution < -0.4 is 4.74 Å². The van der Waals surface area contributed by atoms with E-state index in [1.54, 1.807) is 30.1 Å². The Kier molecular flexibility index (Phi) is 5.17. The third-order valence-corrected chi connectivity index (χ3v) is 6.45. The lowest BCUT2D eigenvalue weighted by Gasteiger charge is -2.32. The number of halogens is 1. The molecule has 32 heavy (non-hydrogen) atoms. The third kappa shape index (κ3) is 3.53. The van der Waals surface area contributed by atoms with Crippen LogP contribution in [0.5, 0.6) is 5.75 Å². The standard InChI is InChI=1S/C25H25FN4O2/c1-16-22(15-28-30(16)19-5-3-18(26)4-6-19)25(31)29-11-9-17(10-12-29)23-14-27-24-8-7-20(32-2)13-21(23)24/h3-8,13-15,17,27H,9-12H2,1-2H3. The Morgan fingerprint density at radius 3 is 2.62 bits per heavy atom. The number of amides is 1. The van der Waals surface area contributed by atoms with Gasteiger partial charge in [-0.25, -0.2) is 9.07 Å². The fourth-order valence-electron chi connectivity index (χ4n) is 4.61. The molecule has 0 atom stereocenters. The lowest BCUT2D eigenvalue weighted by molar-refractivity contribution is 0.0712. The van der Waals surface area contributed by atoms with Crippen molar-refractivity contribution in [2.75, 3.05) is 20.2 Å². The minimum atomic E-state index is -0.300. The van der Waals surface area contributed by atoms with Crippen molar-refractivity contribution >= 4 is 16.8 Å². The highest BCUT2D eigenvalue weighted by Gasteiger charge is 2.28. The van der Waals surface area contributed by atoms with Gasteiger partial charge in [0.15, 0.2) is 0 Å². The first-order valence-electron chi connectivity index (χ1n) is 10.8. The van der Waals surface area contributed by atoms with E-state index in [1.165, 1.54) is 23.1 Å². The molecule has 0 spiro atoms. The highest BCUT2D eigenvalue weighted by Crippen LogP contribution is 2.35. The van der Waals surface area contributed by atoms with Crippen LogP contribution in [0.2, 0.25) is 0 Å². The van der Waals surface area contributed by atoms with Crippen LogP contribution in [0.1, 0.15) is 40.4 Å². The fraction of sp³-hybridized carbons (Fsp3) is 0.280. The maximum absolute atomic E-state index is 13.2. The minimum Gasteiger partial charge on any atom is -0.497 e. The molecule has 164 valence electrons. The number of carbonyl (C=O) groups is 1. The van der Waals surface area contributed by atoms with Gasteiger partial charge < -0.3 is 14.6 Å². The van der Waals surface area contributed by atoms with Crippen LogP contribution in [-0.4, -0.2) is 45.8 Å². The van der Waals surface area contributed by atoms with E-state index in [0.717, 1.165) is 35.5 Å². The Hall–Kier alpha value is -3.61. The van der Waals surface area contributed by atoms with Crippen LogP contribution in [-0.2, 0) is 0 Å². The molecule has 1 aliphatic rings. The van der Waals surface area contributed by atoms with E-state index in [0.29, 0.717) is 24.6 Å². The first-order chi connectivity index (χ1) is 15.5. The van der Waals surface area contributed by atoms with Gasteiger partial charge in [-0.3, -0.25) is 4.79 Å². The van der Waals surface area contributed by atoms with Crippen molar-refractivity contribution in [2.24, 2.45) is 0 Å². The van der Waals surface area contributed by atoms with Gasteiger partial charge >= 0.3 is 0 Å². The molecule has 6 nitrogen and oxygen atoms in total. The summed E-state index contributed by atoms with van der Waals surface area (Å²) in [6.07, 6.45) is 5.50. The Morgan fingerprint density at radius 1 is 1.16 bits per heavy atom. The number of rotatable bonds is 4. The zero-order valence-corrected chi connectivity index (χ0v) is 18.1. The van der Waals surface area contributed by atoms with Gasteiger partial charge in [0.05, 0.1) is 30.3 Å². The van der Waals surface area contributed by atoms with Crippen LogP contribution in [0.3, 0.4) is 0 Å². The summed E-state index contributed by atoms with van der Waals surface area (Å²) in [6.45, 7) is 3.26. The molecule has 0 aliphatic carbocycles. The van der Waals surface area contributed by atoms with Crippen molar-refractivity contribution in [2.45, 2.75) is 25.7 Å². The zero-order chi connectivity index (χ0) is 22.2. The highest BCUT2D eigenvalue weighted by molar-refractivity contribution is 5.95. The molecule has 2 aromatic carbocycles. The van der Waals surface area contributed by atoms with Crippen LogP contribution in [0, 0.1) is 12.7 Å². The van der Waals surface area contributed by atoms with Crippen LogP contribution >= 0.6 is 0 Å². The van der Waals surface area contributed by atoms with Gasteiger partial charge in [-0.2, -0.15) is 5.10 Å². The van der Waals surface area contributed by atoms with Gasteiger partial charge in [0, 0.05) is 30.2 Å². The molecule has 0 saturated carbocycles. The first-order valence-corrected chi connectivity index (χ1v) is 10.8. The van der Waals surface area contributed by atoms with E-state index < -0.39 is 0 Å². The van der Waals surface area contributed by atoms with E-state index in [1.807, 2.05) is 24.0 Å². The molecule has 3 heterocycles. The van der Waals surface area contributed by atoms with Crippen molar-refractivity contribution in [1.29, 1.82) is 0 Å². The molecule has 7 heteroatoms. The average Bonchev–Trinajstić information content (AvgIpc) is 3.42. The van der Waals surface area contributed by atoms with Gasteiger partial charge in [-0.1, -0.05) is 0 Å². The second-order valence-corrected chi connectivity index (χ2v) is 8.25. The summed E-state index contributed by atoms with van der Waals surface area (Å²) in [4.78, 5) is 18.5. The molecule has 1 aliphatic heterocycles. The fourth-order valence-corrected chi connectivity index (χ4v) is 4.61. The van der Waals surface area contributed by atoms with Gasteiger partial charge in [-0.15, -0.1) is 0 Å². The molecule has 4 aromatic rings. The van der Waals surface area contributed by atoms with Crippen molar-refractivity contribution in [1.82, 2.24) is 19.7 Å². The number of H-pyrrole nitrogens is 1. The Bertz CT molecular complexity index is 1270. The molecule has 0 unspecified atom stereocenters. The number of nitrogens with one attached hydrogen (secondary N) is 1. The number of piperidine rings is 1. The predicted octanol–water partition coefficient (Wildman–Crippen LogP) is 4.83. The SMILES string of the molecule is COc1ccc2[nH]cc(C3CCN(C(=O)c4cnn(-c5ccc(F)cc5)c4C)CC3)c2c1. The second kappa shape index (κ2) is 8.15. The molecule has 1 saturated heterocycles. The maximum Gasteiger partial charge on any atom is 0.257 e. The third-order valence-electron chi connectivity index (χ3n) is 6.45. The number of methoxy groups -OCH3 is 1. The summed E-state index contributed by atoms with van der Waals surface area (Å²) in [5.41, 5.74) is 4.46. The summed E-state index contributed by atoms with van der Waals surface area (Å²) in [7, 11) is 1.68. The topological polar surface area (TPSA) is 63.1 Å². The number of ether oxygens (including phenoxy) is 1. The van der Waals surface area contributed by atoms with Crippen LogP contribution in [0.15, 0.2) is 54.9 Å². The number of hydrogen-bond acceptors (Lipinski definition) is 3. The summed E-state index contributed by atoms with van der Waals surface area (Å²) in [6, 6.07) is 12.2. The summed E-state index contributed by atoms with van der Waals surface area (Å²) in [5.74, 6) is 0.934. The number of fused-ring (bicyclic) bond motifs is 1. The van der Waals surface area contributed by atoms with E-state index in [-0.39, 0.29) is 11.7 Å². The lowest BCUT2D eigenvalue weighted by atomic mass is 9.89. The van der Waals surface area contributed by atoms with E-state index in [4.69, 9.17) is 4.74 Å². The van der Waals surface area contributed by atoms with E-state index in [9.17, 15) is 9.18 Å². The van der Waals surface area contributed by atoms with Gasteiger partial charge in [0.2, 0.25) is 0 Å². The molecule has 2 aromatic heterocycles. The second-order valence-electron chi connectivity index (χ2n) is 8.25. The summed E-state index contributed by atoms with van der Waals surface area (Å²) < 4.78 is 20.3. The molecule has 0 bridgehead atoms. The van der Waals surface area contributed by atoms with Crippen molar-refractivity contribution in [3.8, 4) is 11.4 Å². The summed E-state index contributed by atoms with van der Waals surface area (Å²) in [5, 5.41) is 5.55. The molecule has 5 rings (SSSR count). The predicted molar refractivity (Wildman–Crippen MR) is 121 cm³/mol. The zero-order valence-electron chi connectivity index (χ0n) is 18.1. The Balaban J connectivity index is 1.31. The monoisotopic (exact) mass is 432 g/mol. The number of carbonyl (C=O) groups excluding carboxylic acids is 1. The van der Waals surface area contributed by atoms with Gasteiger partial charge in [0.25, 0.3) is 5.91 Å². The molecule has 0 radical (unpaired) electrons. The number of benzene rings is 2. The molecule has 1 N–H and O–H groups in total. The molecule has 1 fully saturated rings. The first kappa shape index (κ1) is 20.3. The lowest BCUT2D eigenvalue weighted by Crippen LogP contribution is -2.38. The van der Waals surface area contributed by atoms with E-state index >= 15 is 0 Å². The number of aromatic nitrogens is 3.